The molecule has 1 aromatic rings. The third-order valence-electron chi connectivity index (χ3n) is 2.84. The Balaban J connectivity index is 1.95. The molecule has 0 bridgehead atoms. The van der Waals surface area contributed by atoms with Crippen molar-refractivity contribution in [2.45, 2.75) is 25.3 Å². The summed E-state index contributed by atoms with van der Waals surface area (Å²) in [6.45, 7) is 3.33. The minimum absolute atomic E-state index is 0.574. The Morgan fingerprint density at radius 1 is 1.36 bits per heavy atom. The van der Waals surface area contributed by atoms with Crippen molar-refractivity contribution in [1.82, 2.24) is 5.32 Å². The van der Waals surface area contributed by atoms with Gasteiger partial charge in [0.25, 0.3) is 0 Å². The van der Waals surface area contributed by atoms with Gasteiger partial charge < -0.3 is 5.32 Å². The normalized spacial score (nSPS) is 22.5. The maximum Gasteiger partial charge on any atom is 0.0259 e. The van der Waals surface area contributed by atoms with E-state index < -0.39 is 0 Å². The van der Waals surface area contributed by atoms with Gasteiger partial charge in [-0.05, 0) is 17.9 Å². The molecule has 0 aliphatic carbocycles. The molecule has 1 aliphatic rings. The Labute approximate surface area is 85.8 Å². The first-order chi connectivity index (χ1) is 6.86. The predicted octanol–water partition coefficient (Wildman–Crippen LogP) is 2.71. The summed E-state index contributed by atoms with van der Waals surface area (Å²) in [4.78, 5) is 0. The van der Waals surface area contributed by atoms with Crippen LogP contribution in [0.4, 0.5) is 0 Å². The molecule has 14 heavy (non-hydrogen) atoms. The molecular weight excluding hydrogens is 170 g/mol. The van der Waals surface area contributed by atoms with Crippen LogP contribution in [0.25, 0.3) is 0 Å². The second kappa shape index (κ2) is 4.43. The van der Waals surface area contributed by atoms with Crippen LogP contribution in [0.2, 0.25) is 0 Å². The first-order valence-corrected chi connectivity index (χ1v) is 5.31. The van der Waals surface area contributed by atoms with Crippen LogP contribution in [-0.2, 0) is 0 Å². The van der Waals surface area contributed by atoms with E-state index in [1.807, 2.05) is 0 Å². The first-order valence-electron chi connectivity index (χ1n) is 5.31. The SMILES string of the molecule is CC(CC1C=CCN1)c1ccccc1. The first kappa shape index (κ1) is 9.47. The highest BCUT2D eigenvalue weighted by molar-refractivity contribution is 5.19. The van der Waals surface area contributed by atoms with Crippen LogP contribution in [0, 0.1) is 0 Å². The van der Waals surface area contributed by atoms with E-state index in [-0.39, 0.29) is 0 Å². The van der Waals surface area contributed by atoms with Gasteiger partial charge in [0.2, 0.25) is 0 Å². The lowest BCUT2D eigenvalue weighted by Crippen LogP contribution is -2.23. The molecule has 1 nitrogen and oxygen atoms in total. The van der Waals surface area contributed by atoms with Crippen molar-refractivity contribution in [3.8, 4) is 0 Å². The molecular formula is C13H17N. The summed E-state index contributed by atoms with van der Waals surface area (Å²) in [5.74, 6) is 0.636. The molecule has 1 heteroatoms. The maximum atomic E-state index is 3.45. The zero-order valence-corrected chi connectivity index (χ0v) is 8.61. The van der Waals surface area contributed by atoms with Crippen LogP contribution in [0.15, 0.2) is 42.5 Å². The smallest absolute Gasteiger partial charge is 0.0259 e. The molecule has 1 N–H and O–H groups in total. The van der Waals surface area contributed by atoms with Crippen LogP contribution in [-0.4, -0.2) is 12.6 Å². The van der Waals surface area contributed by atoms with Crippen molar-refractivity contribution in [2.24, 2.45) is 0 Å². The molecule has 2 rings (SSSR count). The molecule has 1 aromatic carbocycles. The summed E-state index contributed by atoms with van der Waals surface area (Å²) < 4.78 is 0. The van der Waals surface area contributed by atoms with Gasteiger partial charge >= 0.3 is 0 Å². The van der Waals surface area contributed by atoms with E-state index in [2.05, 4.69) is 54.7 Å². The Hall–Kier alpha value is -1.08. The van der Waals surface area contributed by atoms with E-state index >= 15 is 0 Å². The topological polar surface area (TPSA) is 12.0 Å². The second-order valence-electron chi connectivity index (χ2n) is 3.99. The minimum Gasteiger partial charge on any atom is -0.307 e. The molecule has 0 amide bonds. The van der Waals surface area contributed by atoms with E-state index in [1.165, 1.54) is 12.0 Å². The lowest BCUT2D eigenvalue weighted by molar-refractivity contribution is 0.557. The van der Waals surface area contributed by atoms with Gasteiger partial charge in [-0.1, -0.05) is 49.4 Å². The van der Waals surface area contributed by atoms with Gasteiger partial charge in [-0.3, -0.25) is 0 Å². The predicted molar refractivity (Wildman–Crippen MR) is 60.4 cm³/mol. The fourth-order valence-electron chi connectivity index (χ4n) is 1.98. The molecule has 1 heterocycles. The van der Waals surface area contributed by atoms with Gasteiger partial charge in [0.05, 0.1) is 0 Å². The Kier molecular flexibility index (Phi) is 3.00. The maximum absolute atomic E-state index is 3.45. The highest BCUT2D eigenvalue weighted by Crippen LogP contribution is 2.21. The number of hydrogen-bond donors (Lipinski definition) is 1. The standard InChI is InChI=1S/C13H17N/c1-11(10-13-8-5-9-14-13)12-6-3-2-4-7-12/h2-8,11,13-14H,9-10H2,1H3. The third kappa shape index (κ3) is 2.24. The Bertz CT molecular complexity index is 302. The molecule has 2 atom stereocenters. The van der Waals surface area contributed by atoms with E-state index in [0.29, 0.717) is 12.0 Å². The van der Waals surface area contributed by atoms with Crippen LogP contribution in [0.5, 0.6) is 0 Å². The summed E-state index contributed by atoms with van der Waals surface area (Å²) in [6.07, 6.45) is 5.68. The third-order valence-corrected chi connectivity index (χ3v) is 2.84. The lowest BCUT2D eigenvalue weighted by atomic mass is 9.94. The number of benzene rings is 1. The van der Waals surface area contributed by atoms with Crippen LogP contribution in [0.3, 0.4) is 0 Å². The zero-order chi connectivity index (χ0) is 9.80. The molecule has 2 unspecified atom stereocenters. The average molecular weight is 187 g/mol. The number of rotatable bonds is 3. The van der Waals surface area contributed by atoms with E-state index in [1.54, 1.807) is 0 Å². The van der Waals surface area contributed by atoms with Gasteiger partial charge in [0, 0.05) is 12.6 Å². The average Bonchev–Trinajstić information content (AvgIpc) is 2.72. The summed E-state index contributed by atoms with van der Waals surface area (Å²) >= 11 is 0. The Morgan fingerprint density at radius 2 is 2.14 bits per heavy atom. The Morgan fingerprint density at radius 3 is 2.79 bits per heavy atom. The van der Waals surface area contributed by atoms with E-state index in [9.17, 15) is 0 Å². The molecule has 0 saturated carbocycles. The summed E-state index contributed by atoms with van der Waals surface area (Å²) in [6, 6.07) is 11.3. The van der Waals surface area contributed by atoms with Gasteiger partial charge in [-0.15, -0.1) is 0 Å². The van der Waals surface area contributed by atoms with Crippen molar-refractivity contribution < 1.29 is 0 Å². The fraction of sp³-hybridized carbons (Fsp3) is 0.385. The quantitative estimate of drug-likeness (QED) is 0.717. The molecule has 0 aromatic heterocycles. The molecule has 0 radical (unpaired) electrons. The van der Waals surface area contributed by atoms with Crippen molar-refractivity contribution in [3.63, 3.8) is 0 Å². The van der Waals surface area contributed by atoms with Crippen molar-refractivity contribution >= 4 is 0 Å². The number of nitrogens with one attached hydrogen (secondary N) is 1. The van der Waals surface area contributed by atoms with Gasteiger partial charge in [-0.25, -0.2) is 0 Å². The van der Waals surface area contributed by atoms with E-state index in [4.69, 9.17) is 0 Å². The molecule has 0 spiro atoms. The van der Waals surface area contributed by atoms with Crippen molar-refractivity contribution in [1.29, 1.82) is 0 Å². The van der Waals surface area contributed by atoms with Gasteiger partial charge in [-0.2, -0.15) is 0 Å². The molecule has 74 valence electrons. The number of hydrogen-bond acceptors (Lipinski definition) is 1. The highest BCUT2D eigenvalue weighted by Gasteiger charge is 2.13. The van der Waals surface area contributed by atoms with Gasteiger partial charge in [0.1, 0.15) is 0 Å². The summed E-state index contributed by atoms with van der Waals surface area (Å²) in [5.41, 5.74) is 1.44. The molecule has 0 saturated heterocycles. The zero-order valence-electron chi connectivity index (χ0n) is 8.61. The monoisotopic (exact) mass is 187 g/mol. The second-order valence-corrected chi connectivity index (χ2v) is 3.99. The van der Waals surface area contributed by atoms with Crippen LogP contribution >= 0.6 is 0 Å². The van der Waals surface area contributed by atoms with Crippen LogP contribution in [0.1, 0.15) is 24.8 Å². The van der Waals surface area contributed by atoms with Crippen molar-refractivity contribution in [2.75, 3.05) is 6.54 Å². The van der Waals surface area contributed by atoms with E-state index in [0.717, 1.165) is 6.54 Å². The molecule has 1 aliphatic heterocycles. The largest absolute Gasteiger partial charge is 0.307 e. The molecule has 0 fully saturated rings. The lowest BCUT2D eigenvalue weighted by Gasteiger charge is -2.16. The summed E-state index contributed by atoms with van der Waals surface area (Å²) in [7, 11) is 0. The minimum atomic E-state index is 0.574. The van der Waals surface area contributed by atoms with Crippen LogP contribution < -0.4 is 5.32 Å². The van der Waals surface area contributed by atoms with Crippen molar-refractivity contribution in [3.05, 3.63) is 48.0 Å². The highest BCUT2D eigenvalue weighted by atomic mass is 14.9. The fourth-order valence-corrected chi connectivity index (χ4v) is 1.98. The van der Waals surface area contributed by atoms with Gasteiger partial charge in [0.15, 0.2) is 0 Å². The summed E-state index contributed by atoms with van der Waals surface area (Å²) in [5, 5.41) is 3.45.